The summed E-state index contributed by atoms with van der Waals surface area (Å²) in [6.07, 6.45) is -5.08. The van der Waals surface area contributed by atoms with Crippen molar-refractivity contribution in [2.24, 2.45) is 0 Å². The minimum atomic E-state index is -5.08. The highest BCUT2D eigenvalue weighted by Gasteiger charge is 2.37. The van der Waals surface area contributed by atoms with Gasteiger partial charge in [0, 0.05) is 6.07 Å². The molecule has 0 atom stereocenters. The minimum absolute atomic E-state index is 0.327. The van der Waals surface area contributed by atoms with Crippen LogP contribution in [0.25, 0.3) is 0 Å². The second-order valence-electron chi connectivity index (χ2n) is 4.36. The summed E-state index contributed by atoms with van der Waals surface area (Å²) >= 11 is 0. The molecule has 0 heterocycles. The highest BCUT2D eigenvalue weighted by Crippen LogP contribution is 2.39. The van der Waals surface area contributed by atoms with Gasteiger partial charge in [-0.25, -0.2) is 9.18 Å². The molecule has 0 aromatic heterocycles. The second kappa shape index (κ2) is 5.67. The van der Waals surface area contributed by atoms with E-state index in [9.17, 15) is 27.5 Å². The predicted octanol–water partition coefficient (Wildman–Crippen LogP) is 3.75. The van der Waals surface area contributed by atoms with E-state index in [-0.39, 0.29) is 11.5 Å². The smallest absolute Gasteiger partial charge is 0.419 e. The first-order valence-electron chi connectivity index (χ1n) is 5.94. The lowest BCUT2D eigenvalue weighted by atomic mass is 10.1. The Morgan fingerprint density at radius 2 is 1.65 bits per heavy atom. The Balaban J connectivity index is 2.55. The standard InChI is InChI=1S/C14H8F4O5/c15-12-7(14(16,17)18)2-4-10(11(12)13(21)22)23-9-3-1-6(19)5-8(9)20/h1-5,19-20H,(H,21,22). The van der Waals surface area contributed by atoms with Crippen molar-refractivity contribution in [3.63, 3.8) is 0 Å². The van der Waals surface area contributed by atoms with Crippen LogP contribution in [-0.4, -0.2) is 21.3 Å². The fraction of sp³-hybridized carbons (Fsp3) is 0.0714. The Bertz CT molecular complexity index is 770. The van der Waals surface area contributed by atoms with E-state index in [4.69, 9.17) is 14.9 Å². The Kier molecular flexibility index (Phi) is 4.04. The summed E-state index contributed by atoms with van der Waals surface area (Å²) in [6, 6.07) is 3.92. The number of phenols is 2. The number of hydrogen-bond donors (Lipinski definition) is 3. The molecule has 0 aliphatic rings. The van der Waals surface area contributed by atoms with Crippen LogP contribution in [-0.2, 0) is 6.18 Å². The van der Waals surface area contributed by atoms with Crippen LogP contribution < -0.4 is 4.74 Å². The lowest BCUT2D eigenvalue weighted by Crippen LogP contribution is -2.13. The first-order valence-corrected chi connectivity index (χ1v) is 5.94. The predicted molar refractivity (Wildman–Crippen MR) is 68.2 cm³/mol. The minimum Gasteiger partial charge on any atom is -0.508 e. The van der Waals surface area contributed by atoms with E-state index in [0.29, 0.717) is 12.1 Å². The zero-order valence-corrected chi connectivity index (χ0v) is 11.1. The molecule has 0 saturated carbocycles. The van der Waals surface area contributed by atoms with Gasteiger partial charge in [0.1, 0.15) is 17.1 Å². The van der Waals surface area contributed by atoms with Gasteiger partial charge >= 0.3 is 12.1 Å². The number of carboxylic acids is 1. The fourth-order valence-electron chi connectivity index (χ4n) is 1.77. The lowest BCUT2D eigenvalue weighted by molar-refractivity contribution is -0.140. The molecule has 0 bridgehead atoms. The summed E-state index contributed by atoms with van der Waals surface area (Å²) in [4.78, 5) is 11.1. The molecule has 3 N–H and O–H groups in total. The molecular formula is C14H8F4O5. The van der Waals surface area contributed by atoms with Crippen molar-refractivity contribution in [1.29, 1.82) is 0 Å². The van der Waals surface area contributed by atoms with Crippen molar-refractivity contribution < 1.29 is 42.4 Å². The van der Waals surface area contributed by atoms with Crippen molar-refractivity contribution in [3.05, 3.63) is 47.3 Å². The fourth-order valence-corrected chi connectivity index (χ4v) is 1.77. The third-order valence-electron chi connectivity index (χ3n) is 2.79. The molecule has 0 aliphatic heterocycles. The quantitative estimate of drug-likeness (QED) is 0.745. The second-order valence-corrected chi connectivity index (χ2v) is 4.36. The largest absolute Gasteiger partial charge is 0.508 e. The van der Waals surface area contributed by atoms with Gasteiger partial charge in [-0.05, 0) is 24.3 Å². The molecule has 0 saturated heterocycles. The molecule has 5 nitrogen and oxygen atoms in total. The number of aromatic hydroxyl groups is 2. The topological polar surface area (TPSA) is 87.0 Å². The van der Waals surface area contributed by atoms with Crippen LogP contribution >= 0.6 is 0 Å². The first-order chi connectivity index (χ1) is 10.6. The highest BCUT2D eigenvalue weighted by molar-refractivity contribution is 5.91. The number of ether oxygens (including phenoxy) is 1. The molecule has 122 valence electrons. The average Bonchev–Trinajstić information content (AvgIpc) is 2.40. The van der Waals surface area contributed by atoms with Gasteiger partial charge in [0.2, 0.25) is 0 Å². The maximum absolute atomic E-state index is 13.9. The van der Waals surface area contributed by atoms with Gasteiger partial charge in [-0.2, -0.15) is 13.2 Å². The van der Waals surface area contributed by atoms with Crippen LogP contribution in [0.2, 0.25) is 0 Å². The number of rotatable bonds is 3. The molecule has 0 amide bonds. The number of aromatic carboxylic acids is 1. The average molecular weight is 332 g/mol. The molecule has 2 aromatic carbocycles. The molecule has 23 heavy (non-hydrogen) atoms. The summed E-state index contributed by atoms with van der Waals surface area (Å²) in [5.41, 5.74) is -3.08. The summed E-state index contributed by atoms with van der Waals surface area (Å²) in [5, 5.41) is 27.6. The molecule has 0 radical (unpaired) electrons. The first kappa shape index (κ1) is 16.4. The van der Waals surface area contributed by atoms with E-state index in [1.54, 1.807) is 0 Å². The van der Waals surface area contributed by atoms with Crippen molar-refractivity contribution in [3.8, 4) is 23.0 Å². The Morgan fingerprint density at radius 3 is 2.17 bits per heavy atom. The summed E-state index contributed by atoms with van der Waals surface area (Å²) in [6.45, 7) is 0. The van der Waals surface area contributed by atoms with Crippen LogP contribution in [0.15, 0.2) is 30.3 Å². The van der Waals surface area contributed by atoms with Crippen molar-refractivity contribution in [2.45, 2.75) is 6.18 Å². The maximum Gasteiger partial charge on any atom is 0.419 e. The van der Waals surface area contributed by atoms with Crippen LogP contribution in [0, 0.1) is 5.82 Å². The van der Waals surface area contributed by atoms with Crippen LogP contribution in [0.4, 0.5) is 17.6 Å². The molecule has 2 rings (SSSR count). The Morgan fingerprint density at radius 1 is 1.04 bits per heavy atom. The van der Waals surface area contributed by atoms with Gasteiger partial charge in [0.25, 0.3) is 0 Å². The van der Waals surface area contributed by atoms with E-state index in [1.807, 2.05) is 0 Å². The number of carbonyl (C=O) groups is 1. The van der Waals surface area contributed by atoms with E-state index in [0.717, 1.165) is 18.2 Å². The number of phenolic OH excluding ortho intramolecular Hbond substituents is 2. The van der Waals surface area contributed by atoms with Gasteiger partial charge in [0.05, 0.1) is 5.56 Å². The third-order valence-corrected chi connectivity index (χ3v) is 2.79. The number of benzene rings is 2. The number of hydrogen-bond acceptors (Lipinski definition) is 4. The van der Waals surface area contributed by atoms with Gasteiger partial charge in [0.15, 0.2) is 17.3 Å². The summed E-state index contributed by atoms with van der Waals surface area (Å²) in [7, 11) is 0. The summed E-state index contributed by atoms with van der Waals surface area (Å²) in [5.74, 6) is -6.01. The van der Waals surface area contributed by atoms with E-state index < -0.39 is 40.6 Å². The van der Waals surface area contributed by atoms with Crippen LogP contribution in [0.1, 0.15) is 15.9 Å². The molecule has 0 unspecified atom stereocenters. The molecule has 0 fully saturated rings. The van der Waals surface area contributed by atoms with E-state index in [2.05, 4.69) is 0 Å². The van der Waals surface area contributed by atoms with Gasteiger partial charge in [-0.1, -0.05) is 0 Å². The van der Waals surface area contributed by atoms with Crippen LogP contribution in [0.3, 0.4) is 0 Å². The molecule has 9 heteroatoms. The molecular weight excluding hydrogens is 324 g/mol. The lowest BCUT2D eigenvalue weighted by Gasteiger charge is -2.14. The molecule has 2 aromatic rings. The normalized spacial score (nSPS) is 11.3. The van der Waals surface area contributed by atoms with Crippen molar-refractivity contribution in [2.75, 3.05) is 0 Å². The number of carboxylic acid groups (broad SMARTS) is 1. The van der Waals surface area contributed by atoms with E-state index >= 15 is 0 Å². The van der Waals surface area contributed by atoms with Crippen LogP contribution in [0.5, 0.6) is 23.0 Å². The monoisotopic (exact) mass is 332 g/mol. The molecule has 0 aliphatic carbocycles. The Labute approximate surface area is 126 Å². The number of alkyl halides is 3. The highest BCUT2D eigenvalue weighted by atomic mass is 19.4. The zero-order chi connectivity index (χ0) is 17.4. The van der Waals surface area contributed by atoms with Crippen molar-refractivity contribution >= 4 is 5.97 Å². The van der Waals surface area contributed by atoms with E-state index in [1.165, 1.54) is 0 Å². The van der Waals surface area contributed by atoms with Gasteiger partial charge in [-0.3, -0.25) is 0 Å². The zero-order valence-electron chi connectivity index (χ0n) is 11.1. The van der Waals surface area contributed by atoms with Gasteiger partial charge < -0.3 is 20.1 Å². The SMILES string of the molecule is O=C(O)c1c(Oc2ccc(O)cc2O)ccc(C(F)(F)F)c1F. The van der Waals surface area contributed by atoms with Gasteiger partial charge in [-0.15, -0.1) is 0 Å². The summed E-state index contributed by atoms with van der Waals surface area (Å²) < 4.78 is 56.7. The third kappa shape index (κ3) is 3.28. The Hall–Kier alpha value is -2.97. The molecule has 0 spiro atoms. The van der Waals surface area contributed by atoms with Crippen molar-refractivity contribution in [1.82, 2.24) is 0 Å². The maximum atomic E-state index is 13.9. The number of halogens is 4.